The number of nitrogens with zero attached hydrogens (tertiary/aromatic N) is 1. The second-order valence-electron chi connectivity index (χ2n) is 5.67. The molecule has 0 aliphatic heterocycles. The standard InChI is InChI=1S/C13H27N3/c1-4-5-9-16(11-6-7-11)10-8-13(2,3)12(14)15/h11H,4-10H2,1-3H3,(H3,14,15). The third-order valence-corrected chi connectivity index (χ3v) is 3.62. The molecule has 1 rings (SSSR count). The van der Waals surface area contributed by atoms with Gasteiger partial charge in [0.25, 0.3) is 0 Å². The molecule has 3 heteroatoms. The lowest BCUT2D eigenvalue weighted by Crippen LogP contribution is -2.36. The van der Waals surface area contributed by atoms with Crippen molar-refractivity contribution in [2.75, 3.05) is 13.1 Å². The van der Waals surface area contributed by atoms with Crippen LogP contribution in [0.15, 0.2) is 0 Å². The van der Waals surface area contributed by atoms with Crippen LogP contribution in [-0.4, -0.2) is 29.9 Å². The van der Waals surface area contributed by atoms with E-state index in [1.807, 2.05) is 0 Å². The van der Waals surface area contributed by atoms with E-state index < -0.39 is 0 Å². The molecule has 3 nitrogen and oxygen atoms in total. The van der Waals surface area contributed by atoms with Gasteiger partial charge < -0.3 is 10.6 Å². The van der Waals surface area contributed by atoms with Crippen LogP contribution in [-0.2, 0) is 0 Å². The Labute approximate surface area is 99.9 Å². The molecule has 0 aromatic heterocycles. The number of hydrogen-bond donors (Lipinski definition) is 2. The average molecular weight is 225 g/mol. The van der Waals surface area contributed by atoms with E-state index in [0.29, 0.717) is 5.84 Å². The molecule has 1 aliphatic rings. The summed E-state index contributed by atoms with van der Waals surface area (Å²) >= 11 is 0. The van der Waals surface area contributed by atoms with Crippen molar-refractivity contribution >= 4 is 5.84 Å². The fraction of sp³-hybridized carbons (Fsp3) is 0.923. The molecule has 0 aromatic carbocycles. The summed E-state index contributed by atoms with van der Waals surface area (Å²) in [5, 5.41) is 7.56. The second-order valence-corrected chi connectivity index (χ2v) is 5.67. The summed E-state index contributed by atoms with van der Waals surface area (Å²) in [5.41, 5.74) is 5.47. The summed E-state index contributed by atoms with van der Waals surface area (Å²) in [4.78, 5) is 2.59. The number of nitrogens with one attached hydrogen (secondary N) is 1. The maximum Gasteiger partial charge on any atom is 0.0963 e. The van der Waals surface area contributed by atoms with E-state index in [1.54, 1.807) is 0 Å². The highest BCUT2D eigenvalue weighted by atomic mass is 15.2. The van der Waals surface area contributed by atoms with Crippen LogP contribution in [0.5, 0.6) is 0 Å². The Morgan fingerprint density at radius 1 is 1.38 bits per heavy atom. The molecule has 0 radical (unpaired) electrons. The van der Waals surface area contributed by atoms with E-state index in [1.165, 1.54) is 32.2 Å². The average Bonchev–Trinajstić information content (AvgIpc) is 3.01. The van der Waals surface area contributed by atoms with Gasteiger partial charge in [-0.25, -0.2) is 0 Å². The fourth-order valence-electron chi connectivity index (χ4n) is 1.84. The number of unbranched alkanes of at least 4 members (excludes halogenated alkanes) is 1. The Morgan fingerprint density at radius 2 is 2.00 bits per heavy atom. The highest BCUT2D eigenvalue weighted by Crippen LogP contribution is 2.29. The molecule has 0 unspecified atom stereocenters. The van der Waals surface area contributed by atoms with Gasteiger partial charge in [-0.15, -0.1) is 0 Å². The van der Waals surface area contributed by atoms with Crippen LogP contribution in [0.1, 0.15) is 52.9 Å². The molecule has 0 atom stereocenters. The van der Waals surface area contributed by atoms with Gasteiger partial charge in [-0.2, -0.15) is 0 Å². The van der Waals surface area contributed by atoms with Gasteiger partial charge in [0.1, 0.15) is 0 Å². The van der Waals surface area contributed by atoms with Crippen molar-refractivity contribution in [2.24, 2.45) is 11.1 Å². The summed E-state index contributed by atoms with van der Waals surface area (Å²) < 4.78 is 0. The third kappa shape index (κ3) is 4.12. The molecule has 1 fully saturated rings. The first-order valence-corrected chi connectivity index (χ1v) is 6.56. The lowest BCUT2D eigenvalue weighted by Gasteiger charge is -2.28. The summed E-state index contributed by atoms with van der Waals surface area (Å²) in [6.07, 6.45) is 6.29. The monoisotopic (exact) mass is 225 g/mol. The maximum atomic E-state index is 7.56. The molecular weight excluding hydrogens is 198 g/mol. The van der Waals surface area contributed by atoms with Crippen molar-refractivity contribution in [3.63, 3.8) is 0 Å². The van der Waals surface area contributed by atoms with Crippen molar-refractivity contribution in [3.05, 3.63) is 0 Å². The zero-order valence-corrected chi connectivity index (χ0v) is 11.1. The first-order chi connectivity index (χ1) is 7.47. The molecule has 0 amide bonds. The van der Waals surface area contributed by atoms with Crippen LogP contribution < -0.4 is 5.73 Å². The van der Waals surface area contributed by atoms with Gasteiger partial charge in [-0.3, -0.25) is 5.41 Å². The first kappa shape index (κ1) is 13.5. The third-order valence-electron chi connectivity index (χ3n) is 3.62. The van der Waals surface area contributed by atoms with Gasteiger partial charge in [-0.1, -0.05) is 27.2 Å². The second kappa shape index (κ2) is 5.67. The van der Waals surface area contributed by atoms with Gasteiger partial charge in [0.2, 0.25) is 0 Å². The molecule has 94 valence electrons. The van der Waals surface area contributed by atoms with E-state index in [9.17, 15) is 0 Å². The van der Waals surface area contributed by atoms with Gasteiger partial charge in [0.05, 0.1) is 5.84 Å². The van der Waals surface area contributed by atoms with Crippen molar-refractivity contribution in [1.82, 2.24) is 4.90 Å². The molecule has 0 bridgehead atoms. The minimum atomic E-state index is -0.140. The van der Waals surface area contributed by atoms with E-state index >= 15 is 0 Å². The SMILES string of the molecule is CCCCN(CCC(C)(C)C(=N)N)C1CC1. The van der Waals surface area contributed by atoms with Crippen LogP contribution in [0.4, 0.5) is 0 Å². The largest absolute Gasteiger partial charge is 0.387 e. The van der Waals surface area contributed by atoms with Crippen molar-refractivity contribution < 1.29 is 0 Å². The van der Waals surface area contributed by atoms with Gasteiger partial charge in [0, 0.05) is 11.5 Å². The van der Waals surface area contributed by atoms with E-state index in [-0.39, 0.29) is 5.41 Å². The smallest absolute Gasteiger partial charge is 0.0963 e. The molecule has 0 heterocycles. The number of hydrogen-bond acceptors (Lipinski definition) is 2. The van der Waals surface area contributed by atoms with Crippen molar-refractivity contribution in [1.29, 1.82) is 5.41 Å². The first-order valence-electron chi connectivity index (χ1n) is 6.56. The number of rotatable bonds is 8. The van der Waals surface area contributed by atoms with Crippen LogP contribution in [0, 0.1) is 10.8 Å². The Hall–Kier alpha value is -0.570. The van der Waals surface area contributed by atoms with Gasteiger partial charge in [-0.05, 0) is 38.8 Å². The number of amidine groups is 1. The molecule has 0 spiro atoms. The minimum Gasteiger partial charge on any atom is -0.387 e. The summed E-state index contributed by atoms with van der Waals surface area (Å²) in [6.45, 7) is 8.69. The molecule has 1 saturated carbocycles. The van der Waals surface area contributed by atoms with Crippen molar-refractivity contribution in [3.8, 4) is 0 Å². The Morgan fingerprint density at radius 3 is 2.44 bits per heavy atom. The van der Waals surface area contributed by atoms with Crippen LogP contribution in [0.25, 0.3) is 0 Å². The van der Waals surface area contributed by atoms with Gasteiger partial charge in [0.15, 0.2) is 0 Å². The fourth-order valence-corrected chi connectivity index (χ4v) is 1.84. The summed E-state index contributed by atoms with van der Waals surface area (Å²) in [6, 6.07) is 0.828. The molecule has 0 saturated heterocycles. The molecule has 0 aromatic rings. The normalized spacial score (nSPS) is 16.8. The predicted octanol–water partition coefficient (Wildman–Crippen LogP) is 2.60. The van der Waals surface area contributed by atoms with Crippen LogP contribution in [0.2, 0.25) is 0 Å². The Kier molecular flexibility index (Phi) is 4.78. The maximum absolute atomic E-state index is 7.56. The van der Waals surface area contributed by atoms with E-state index in [4.69, 9.17) is 11.1 Å². The van der Waals surface area contributed by atoms with E-state index in [2.05, 4.69) is 25.7 Å². The van der Waals surface area contributed by atoms with E-state index in [0.717, 1.165) is 19.0 Å². The lowest BCUT2D eigenvalue weighted by atomic mass is 9.88. The minimum absolute atomic E-state index is 0.140. The van der Waals surface area contributed by atoms with Crippen LogP contribution in [0.3, 0.4) is 0 Å². The van der Waals surface area contributed by atoms with Crippen LogP contribution >= 0.6 is 0 Å². The summed E-state index contributed by atoms with van der Waals surface area (Å²) in [5.74, 6) is 0.318. The topological polar surface area (TPSA) is 53.1 Å². The quantitative estimate of drug-likeness (QED) is 0.493. The highest BCUT2D eigenvalue weighted by molar-refractivity contribution is 5.82. The molecule has 3 N–H and O–H groups in total. The highest BCUT2D eigenvalue weighted by Gasteiger charge is 2.30. The molecule has 16 heavy (non-hydrogen) atoms. The van der Waals surface area contributed by atoms with Crippen molar-refractivity contribution in [2.45, 2.75) is 58.9 Å². The molecule has 1 aliphatic carbocycles. The number of nitrogens with two attached hydrogens (primary N) is 1. The molecular formula is C13H27N3. The Bertz CT molecular complexity index is 231. The Balaban J connectivity index is 2.34. The van der Waals surface area contributed by atoms with Gasteiger partial charge >= 0.3 is 0 Å². The lowest BCUT2D eigenvalue weighted by molar-refractivity contribution is 0.232. The zero-order valence-electron chi connectivity index (χ0n) is 11.1. The predicted molar refractivity (Wildman–Crippen MR) is 69.8 cm³/mol. The summed E-state index contributed by atoms with van der Waals surface area (Å²) in [7, 11) is 0. The zero-order chi connectivity index (χ0) is 12.2.